The maximum absolute atomic E-state index is 13.4. The topological polar surface area (TPSA) is 104 Å². The third kappa shape index (κ3) is 5.46. The highest BCUT2D eigenvalue weighted by molar-refractivity contribution is 7.90. The molecular formula is C27H33N3O5S. The molecule has 2 aromatic carbocycles. The second-order valence-electron chi connectivity index (χ2n) is 9.66. The third-order valence-electron chi connectivity index (χ3n) is 7.00. The first-order chi connectivity index (χ1) is 17.2. The van der Waals surface area contributed by atoms with Gasteiger partial charge in [0.1, 0.15) is 10.9 Å². The SMILES string of the molecule is Cc1cccc(CN(C(=O)CCN2C(=O)c3ccccc3S2(=O)=O)[C@H](C)C(=O)NC2CCCCC2)c1. The molecule has 0 unspecified atom stereocenters. The van der Waals surface area contributed by atoms with Gasteiger partial charge in [-0.3, -0.25) is 14.4 Å². The molecule has 2 aromatic rings. The molecule has 192 valence electrons. The predicted octanol–water partition coefficient (Wildman–Crippen LogP) is 3.40. The van der Waals surface area contributed by atoms with Crippen LogP contribution in [-0.4, -0.2) is 54.0 Å². The second kappa shape index (κ2) is 10.8. The Labute approximate surface area is 212 Å². The number of rotatable bonds is 8. The predicted molar refractivity (Wildman–Crippen MR) is 135 cm³/mol. The van der Waals surface area contributed by atoms with Crippen molar-refractivity contribution in [2.75, 3.05) is 6.54 Å². The molecule has 0 radical (unpaired) electrons. The molecular weight excluding hydrogens is 478 g/mol. The molecule has 36 heavy (non-hydrogen) atoms. The van der Waals surface area contributed by atoms with Crippen LogP contribution in [0.3, 0.4) is 0 Å². The maximum Gasteiger partial charge on any atom is 0.269 e. The number of nitrogens with one attached hydrogen (secondary N) is 1. The van der Waals surface area contributed by atoms with E-state index in [9.17, 15) is 22.8 Å². The summed E-state index contributed by atoms with van der Waals surface area (Å²) in [6.07, 6.45) is 4.96. The minimum absolute atomic E-state index is 0.0423. The van der Waals surface area contributed by atoms with E-state index < -0.39 is 22.0 Å². The highest BCUT2D eigenvalue weighted by Crippen LogP contribution is 2.30. The number of fused-ring (bicyclic) bond motifs is 1. The van der Waals surface area contributed by atoms with Gasteiger partial charge in [0, 0.05) is 25.6 Å². The number of carbonyl (C=O) groups is 3. The summed E-state index contributed by atoms with van der Waals surface area (Å²) >= 11 is 0. The highest BCUT2D eigenvalue weighted by Gasteiger charge is 2.41. The van der Waals surface area contributed by atoms with Crippen LogP contribution in [0.4, 0.5) is 0 Å². The van der Waals surface area contributed by atoms with Crippen molar-refractivity contribution >= 4 is 27.7 Å². The van der Waals surface area contributed by atoms with Gasteiger partial charge in [0.25, 0.3) is 15.9 Å². The number of hydrogen-bond donors (Lipinski definition) is 1. The molecule has 2 aliphatic rings. The molecule has 0 spiro atoms. The fourth-order valence-electron chi connectivity index (χ4n) is 4.95. The van der Waals surface area contributed by atoms with Crippen LogP contribution in [0.5, 0.6) is 0 Å². The van der Waals surface area contributed by atoms with Gasteiger partial charge in [0.2, 0.25) is 11.8 Å². The van der Waals surface area contributed by atoms with Gasteiger partial charge >= 0.3 is 0 Å². The Morgan fingerprint density at radius 3 is 2.50 bits per heavy atom. The van der Waals surface area contributed by atoms with Gasteiger partial charge in [-0.1, -0.05) is 61.2 Å². The number of carbonyl (C=O) groups excluding carboxylic acids is 3. The molecule has 3 amide bonds. The van der Waals surface area contributed by atoms with Crippen molar-refractivity contribution in [3.05, 3.63) is 65.2 Å². The second-order valence-corrected chi connectivity index (χ2v) is 11.5. The summed E-state index contributed by atoms with van der Waals surface area (Å²) in [5.74, 6) is -1.24. The van der Waals surface area contributed by atoms with Crippen molar-refractivity contribution in [2.45, 2.75) is 75.9 Å². The summed E-state index contributed by atoms with van der Waals surface area (Å²) in [5, 5.41) is 3.09. The van der Waals surface area contributed by atoms with Crippen LogP contribution < -0.4 is 5.32 Å². The van der Waals surface area contributed by atoms with E-state index in [0.717, 1.165) is 41.1 Å². The summed E-state index contributed by atoms with van der Waals surface area (Å²) in [4.78, 5) is 40.7. The zero-order valence-corrected chi connectivity index (χ0v) is 21.6. The number of nitrogens with zero attached hydrogens (tertiary/aromatic N) is 2. The lowest BCUT2D eigenvalue weighted by molar-refractivity contribution is -0.141. The Morgan fingerprint density at radius 1 is 1.08 bits per heavy atom. The van der Waals surface area contributed by atoms with E-state index in [1.807, 2.05) is 31.2 Å². The standard InChI is InChI=1S/C27H33N3O5S/c1-19-9-8-10-21(17-19)18-29(20(2)26(32)28-22-11-4-3-5-12-22)25(31)15-16-30-27(33)23-13-6-7-14-24(23)36(30,34)35/h6-10,13-14,17,20,22H,3-5,11-12,15-16,18H2,1-2H3,(H,28,32)/t20-/m1/s1. The molecule has 8 nitrogen and oxygen atoms in total. The number of amides is 3. The van der Waals surface area contributed by atoms with Gasteiger partial charge in [0.05, 0.1) is 5.56 Å². The van der Waals surface area contributed by atoms with Crippen LogP contribution in [0.1, 0.15) is 66.9 Å². The molecule has 1 aliphatic carbocycles. The Balaban J connectivity index is 1.50. The van der Waals surface area contributed by atoms with Crippen molar-refractivity contribution in [3.8, 4) is 0 Å². The molecule has 0 aromatic heterocycles. The Hall–Kier alpha value is -3.20. The van der Waals surface area contributed by atoms with E-state index in [1.165, 1.54) is 23.5 Å². The first-order valence-electron chi connectivity index (χ1n) is 12.5. The van der Waals surface area contributed by atoms with E-state index in [2.05, 4.69) is 5.32 Å². The molecule has 1 fully saturated rings. The summed E-state index contributed by atoms with van der Waals surface area (Å²) in [6.45, 7) is 3.58. The van der Waals surface area contributed by atoms with Crippen molar-refractivity contribution in [2.24, 2.45) is 0 Å². The van der Waals surface area contributed by atoms with Gasteiger partial charge in [-0.15, -0.1) is 0 Å². The lowest BCUT2D eigenvalue weighted by Gasteiger charge is -2.31. The van der Waals surface area contributed by atoms with E-state index in [-0.39, 0.29) is 47.8 Å². The first kappa shape index (κ1) is 25.9. The fourth-order valence-corrected chi connectivity index (χ4v) is 6.52. The molecule has 1 saturated carbocycles. The molecule has 4 rings (SSSR count). The molecule has 0 bridgehead atoms. The van der Waals surface area contributed by atoms with Crippen molar-refractivity contribution in [1.29, 1.82) is 0 Å². The van der Waals surface area contributed by atoms with Crippen LogP contribution >= 0.6 is 0 Å². The van der Waals surface area contributed by atoms with Gasteiger partial charge in [-0.05, 0) is 44.4 Å². The third-order valence-corrected chi connectivity index (χ3v) is 8.84. The van der Waals surface area contributed by atoms with Crippen molar-refractivity contribution < 1.29 is 22.8 Å². The van der Waals surface area contributed by atoms with Crippen LogP contribution in [0, 0.1) is 6.92 Å². The largest absolute Gasteiger partial charge is 0.352 e. The smallest absolute Gasteiger partial charge is 0.269 e. The van der Waals surface area contributed by atoms with Crippen molar-refractivity contribution in [3.63, 3.8) is 0 Å². The lowest BCUT2D eigenvalue weighted by atomic mass is 9.95. The summed E-state index contributed by atoms with van der Waals surface area (Å²) < 4.78 is 26.5. The van der Waals surface area contributed by atoms with Gasteiger partial charge in [0.15, 0.2) is 0 Å². The maximum atomic E-state index is 13.4. The summed E-state index contributed by atoms with van der Waals surface area (Å²) in [7, 11) is -4.00. The molecule has 0 saturated heterocycles. The monoisotopic (exact) mass is 511 g/mol. The van der Waals surface area contributed by atoms with Gasteiger partial charge < -0.3 is 10.2 Å². The van der Waals surface area contributed by atoms with Crippen LogP contribution in [0.25, 0.3) is 0 Å². The average Bonchev–Trinajstić information content (AvgIpc) is 3.06. The van der Waals surface area contributed by atoms with E-state index in [0.29, 0.717) is 0 Å². The minimum atomic E-state index is -4.00. The number of benzene rings is 2. The lowest BCUT2D eigenvalue weighted by Crippen LogP contribution is -2.50. The molecule has 1 N–H and O–H groups in total. The molecule has 1 aliphatic heterocycles. The normalized spacial score (nSPS) is 17.9. The Morgan fingerprint density at radius 2 is 1.81 bits per heavy atom. The molecule has 9 heteroatoms. The summed E-state index contributed by atoms with van der Waals surface area (Å²) in [5.41, 5.74) is 2.02. The minimum Gasteiger partial charge on any atom is -0.352 e. The van der Waals surface area contributed by atoms with Gasteiger partial charge in [-0.25, -0.2) is 12.7 Å². The van der Waals surface area contributed by atoms with E-state index >= 15 is 0 Å². The van der Waals surface area contributed by atoms with Crippen LogP contribution in [0.15, 0.2) is 53.4 Å². The Kier molecular flexibility index (Phi) is 7.78. The number of aryl methyl sites for hydroxylation is 1. The van der Waals surface area contributed by atoms with E-state index in [4.69, 9.17) is 0 Å². The zero-order valence-electron chi connectivity index (χ0n) is 20.8. The van der Waals surface area contributed by atoms with Crippen molar-refractivity contribution in [1.82, 2.24) is 14.5 Å². The highest BCUT2D eigenvalue weighted by atomic mass is 32.2. The quantitative estimate of drug-likeness (QED) is 0.585. The van der Waals surface area contributed by atoms with E-state index in [1.54, 1.807) is 19.1 Å². The number of hydrogen-bond acceptors (Lipinski definition) is 5. The average molecular weight is 512 g/mol. The molecule has 1 atom stereocenters. The number of sulfonamides is 1. The van der Waals surface area contributed by atoms with Gasteiger partial charge in [-0.2, -0.15) is 0 Å². The van der Waals surface area contributed by atoms with Crippen LogP contribution in [0.2, 0.25) is 0 Å². The summed E-state index contributed by atoms with van der Waals surface area (Å²) in [6, 6.07) is 13.1. The van der Waals surface area contributed by atoms with Crippen LogP contribution in [-0.2, 0) is 26.2 Å². The molecule has 1 heterocycles. The first-order valence-corrected chi connectivity index (χ1v) is 13.9. The zero-order chi connectivity index (χ0) is 25.9. The fraction of sp³-hybridized carbons (Fsp3) is 0.444. The Bertz CT molecular complexity index is 1250.